The van der Waals surface area contributed by atoms with Crippen molar-refractivity contribution in [3.63, 3.8) is 0 Å². The SMILES string of the molecule is COc1ccc(CC(NC(=O)C(C)CC(=O)C2CCOCC2)C(=O)CC(CC2CCCC2)C(=O)C2(C)CO2)cc1O. The second-order valence-corrected chi connectivity index (χ2v) is 12.4. The van der Waals surface area contributed by atoms with Crippen LogP contribution in [0.5, 0.6) is 11.5 Å². The molecule has 0 spiro atoms. The van der Waals surface area contributed by atoms with Gasteiger partial charge < -0.3 is 24.6 Å². The lowest BCUT2D eigenvalue weighted by Crippen LogP contribution is -2.46. The highest BCUT2D eigenvalue weighted by Gasteiger charge is 2.50. The molecule has 2 aliphatic heterocycles. The Balaban J connectivity index is 1.48. The molecule has 9 nitrogen and oxygen atoms in total. The molecule has 4 atom stereocenters. The van der Waals surface area contributed by atoms with E-state index in [0.29, 0.717) is 56.3 Å². The molecule has 4 rings (SSSR count). The van der Waals surface area contributed by atoms with Gasteiger partial charge >= 0.3 is 0 Å². The monoisotopic (exact) mass is 571 g/mol. The molecule has 1 aromatic rings. The number of aromatic hydroxyl groups is 1. The Bertz CT molecular complexity index is 1100. The lowest BCUT2D eigenvalue weighted by molar-refractivity contribution is -0.135. The molecule has 41 heavy (non-hydrogen) atoms. The fourth-order valence-electron chi connectivity index (χ4n) is 6.24. The molecular formula is C32H45NO8. The van der Waals surface area contributed by atoms with Gasteiger partial charge in [-0.25, -0.2) is 0 Å². The van der Waals surface area contributed by atoms with Crippen molar-refractivity contribution in [3.05, 3.63) is 23.8 Å². The Morgan fingerprint density at radius 3 is 2.39 bits per heavy atom. The lowest BCUT2D eigenvalue weighted by atomic mass is 9.81. The molecule has 2 saturated heterocycles. The normalized spacial score (nSPS) is 23.4. The van der Waals surface area contributed by atoms with Crippen molar-refractivity contribution in [2.45, 2.75) is 89.7 Å². The van der Waals surface area contributed by atoms with Crippen LogP contribution in [-0.2, 0) is 35.1 Å². The number of nitrogens with one attached hydrogen (secondary N) is 1. The van der Waals surface area contributed by atoms with E-state index >= 15 is 0 Å². The molecule has 226 valence electrons. The third kappa shape index (κ3) is 8.38. The van der Waals surface area contributed by atoms with Crippen LogP contribution >= 0.6 is 0 Å². The van der Waals surface area contributed by atoms with E-state index in [1.165, 1.54) is 13.2 Å². The quantitative estimate of drug-likeness (QED) is 0.303. The van der Waals surface area contributed by atoms with Crippen LogP contribution in [0.2, 0.25) is 0 Å². The van der Waals surface area contributed by atoms with Crippen molar-refractivity contribution in [2.75, 3.05) is 26.9 Å². The van der Waals surface area contributed by atoms with Gasteiger partial charge in [0.05, 0.1) is 19.8 Å². The average molecular weight is 572 g/mol. The first-order valence-corrected chi connectivity index (χ1v) is 15.1. The number of rotatable bonds is 15. The molecule has 1 saturated carbocycles. The third-order valence-corrected chi connectivity index (χ3v) is 9.03. The number of epoxide rings is 1. The van der Waals surface area contributed by atoms with E-state index in [0.717, 1.165) is 25.7 Å². The number of benzene rings is 1. The second-order valence-electron chi connectivity index (χ2n) is 12.4. The fourth-order valence-corrected chi connectivity index (χ4v) is 6.24. The summed E-state index contributed by atoms with van der Waals surface area (Å²) in [6.45, 7) is 4.94. The summed E-state index contributed by atoms with van der Waals surface area (Å²) in [5, 5.41) is 13.2. The largest absolute Gasteiger partial charge is 0.504 e. The molecule has 1 aliphatic carbocycles. The number of carbonyl (C=O) groups is 4. The minimum absolute atomic E-state index is 0.0107. The van der Waals surface area contributed by atoms with E-state index in [1.807, 2.05) is 0 Å². The van der Waals surface area contributed by atoms with Crippen LogP contribution < -0.4 is 10.1 Å². The van der Waals surface area contributed by atoms with Crippen LogP contribution in [0.4, 0.5) is 0 Å². The van der Waals surface area contributed by atoms with Crippen molar-refractivity contribution in [1.29, 1.82) is 0 Å². The number of Topliss-reactive ketones (excluding diaryl/α,β-unsaturated/α-hetero) is 3. The van der Waals surface area contributed by atoms with Crippen LogP contribution in [0, 0.1) is 23.7 Å². The first kappa shape index (κ1) is 31.2. The molecule has 2 heterocycles. The predicted octanol–water partition coefficient (Wildman–Crippen LogP) is 3.96. The summed E-state index contributed by atoms with van der Waals surface area (Å²) in [5.74, 6) is -1.16. The van der Waals surface area contributed by atoms with E-state index in [4.69, 9.17) is 14.2 Å². The number of phenolic OH excluding ortho intramolecular Hbond substituents is 1. The van der Waals surface area contributed by atoms with Gasteiger partial charge in [0.2, 0.25) is 5.91 Å². The first-order valence-electron chi connectivity index (χ1n) is 15.1. The van der Waals surface area contributed by atoms with Crippen molar-refractivity contribution >= 4 is 23.3 Å². The van der Waals surface area contributed by atoms with Gasteiger partial charge in [-0.15, -0.1) is 0 Å². The first-order chi connectivity index (χ1) is 19.6. The number of phenols is 1. The molecule has 3 fully saturated rings. The zero-order valence-electron chi connectivity index (χ0n) is 24.6. The molecule has 9 heteroatoms. The van der Waals surface area contributed by atoms with E-state index in [2.05, 4.69) is 5.32 Å². The Hall–Kier alpha value is -2.78. The second kappa shape index (κ2) is 13.9. The summed E-state index contributed by atoms with van der Waals surface area (Å²) < 4.78 is 15.9. The zero-order valence-corrected chi connectivity index (χ0v) is 24.6. The van der Waals surface area contributed by atoms with E-state index in [9.17, 15) is 24.3 Å². The topological polar surface area (TPSA) is 132 Å². The molecule has 0 bridgehead atoms. The van der Waals surface area contributed by atoms with Crippen molar-refractivity contribution in [2.24, 2.45) is 23.7 Å². The molecule has 0 aromatic heterocycles. The maximum atomic E-state index is 13.8. The predicted molar refractivity (Wildman–Crippen MR) is 152 cm³/mol. The maximum absolute atomic E-state index is 13.8. The Morgan fingerprint density at radius 1 is 1.10 bits per heavy atom. The summed E-state index contributed by atoms with van der Waals surface area (Å²) in [6, 6.07) is 3.95. The number of methoxy groups -OCH3 is 1. The summed E-state index contributed by atoms with van der Waals surface area (Å²) in [4.78, 5) is 53.4. The van der Waals surface area contributed by atoms with Gasteiger partial charge in [0, 0.05) is 43.8 Å². The summed E-state index contributed by atoms with van der Waals surface area (Å²) >= 11 is 0. The highest BCUT2D eigenvalue weighted by atomic mass is 16.6. The minimum atomic E-state index is -0.914. The summed E-state index contributed by atoms with van der Waals surface area (Å²) in [5.41, 5.74) is -0.188. The highest BCUT2D eigenvalue weighted by Crippen LogP contribution is 2.38. The van der Waals surface area contributed by atoms with Gasteiger partial charge in [-0.2, -0.15) is 0 Å². The number of hydrogen-bond donors (Lipinski definition) is 2. The lowest BCUT2D eigenvalue weighted by Gasteiger charge is -2.25. The van der Waals surface area contributed by atoms with Crippen molar-refractivity contribution in [3.8, 4) is 11.5 Å². The van der Waals surface area contributed by atoms with E-state index in [1.54, 1.807) is 26.0 Å². The standard InChI is InChI=1S/C32H45NO8/c1-20(14-26(34)23-10-12-40-13-11-23)31(38)33-25(16-22-8-9-29(39-3)28(36)17-22)27(35)18-24(15-21-6-4-5-7-21)30(37)32(2)19-41-32/h8-9,17,20-21,23-25,36H,4-7,10-16,18-19H2,1-3H3,(H,33,38). The van der Waals surface area contributed by atoms with Gasteiger partial charge in [-0.05, 0) is 56.2 Å². The van der Waals surface area contributed by atoms with Crippen LogP contribution in [0.1, 0.15) is 77.2 Å². The molecule has 4 unspecified atom stereocenters. The Kier molecular flexibility index (Phi) is 10.6. The molecule has 2 N–H and O–H groups in total. The average Bonchev–Trinajstić information content (AvgIpc) is 3.50. The van der Waals surface area contributed by atoms with Crippen LogP contribution in [0.3, 0.4) is 0 Å². The van der Waals surface area contributed by atoms with Gasteiger partial charge in [0.25, 0.3) is 0 Å². The Labute approximate surface area is 242 Å². The summed E-state index contributed by atoms with van der Waals surface area (Å²) in [7, 11) is 1.45. The maximum Gasteiger partial charge on any atom is 0.223 e. The number of amides is 1. The van der Waals surface area contributed by atoms with Gasteiger partial charge in [0.1, 0.15) is 11.4 Å². The van der Waals surface area contributed by atoms with Crippen LogP contribution in [0.25, 0.3) is 0 Å². The number of hydrogen-bond acceptors (Lipinski definition) is 8. The molecule has 1 amide bonds. The number of ether oxygens (including phenoxy) is 3. The molecule has 3 aliphatic rings. The number of carbonyl (C=O) groups excluding carboxylic acids is 4. The van der Waals surface area contributed by atoms with Gasteiger partial charge in [0.15, 0.2) is 23.1 Å². The van der Waals surface area contributed by atoms with Gasteiger partial charge in [-0.1, -0.05) is 38.7 Å². The van der Waals surface area contributed by atoms with Crippen LogP contribution in [0.15, 0.2) is 18.2 Å². The smallest absolute Gasteiger partial charge is 0.223 e. The molecule has 1 aromatic carbocycles. The Morgan fingerprint density at radius 2 is 1.78 bits per heavy atom. The minimum Gasteiger partial charge on any atom is -0.504 e. The third-order valence-electron chi connectivity index (χ3n) is 9.03. The van der Waals surface area contributed by atoms with Crippen LogP contribution in [-0.4, -0.2) is 66.9 Å². The van der Waals surface area contributed by atoms with Gasteiger partial charge in [-0.3, -0.25) is 19.2 Å². The van der Waals surface area contributed by atoms with E-state index < -0.39 is 23.5 Å². The van der Waals surface area contributed by atoms with Crippen molar-refractivity contribution < 1.29 is 38.5 Å². The highest BCUT2D eigenvalue weighted by molar-refractivity contribution is 5.97. The zero-order chi connectivity index (χ0) is 29.6. The summed E-state index contributed by atoms with van der Waals surface area (Å²) in [6.07, 6.45) is 6.59. The number of ketones is 3. The molecular weight excluding hydrogens is 526 g/mol. The van der Waals surface area contributed by atoms with E-state index in [-0.39, 0.29) is 54.2 Å². The molecule has 0 radical (unpaired) electrons. The van der Waals surface area contributed by atoms with Crippen molar-refractivity contribution in [1.82, 2.24) is 5.32 Å². The fraction of sp³-hybridized carbons (Fsp3) is 0.688.